The van der Waals surface area contributed by atoms with Gasteiger partial charge >= 0.3 is 0 Å². The normalized spacial score (nSPS) is 30.6. The van der Waals surface area contributed by atoms with Crippen LogP contribution in [0.15, 0.2) is 24.3 Å². The van der Waals surface area contributed by atoms with Crippen LogP contribution in [0.4, 0.5) is 5.69 Å². The standard InChI is InChI=1S/C22H29N3O4/c1-14(22-11-15-8-16(12-22)10-17(9-15)13-22)24-20(26)6-7-23-21(27)18-2-4-19(5-3-18)25(28)29/h2-5,14-17H,6-13H2,1H3,(H,23,27)(H,24,26)/t14-,15?,16?,17?,22?/m0/s1. The van der Waals surface area contributed by atoms with Crippen molar-refractivity contribution in [3.05, 3.63) is 39.9 Å². The summed E-state index contributed by atoms with van der Waals surface area (Å²) < 4.78 is 0. The smallest absolute Gasteiger partial charge is 0.269 e. The highest BCUT2D eigenvalue weighted by molar-refractivity contribution is 5.94. The van der Waals surface area contributed by atoms with Gasteiger partial charge < -0.3 is 10.6 Å². The molecule has 7 heteroatoms. The van der Waals surface area contributed by atoms with Gasteiger partial charge in [-0.05, 0) is 80.8 Å². The Hall–Kier alpha value is -2.44. The molecule has 0 heterocycles. The molecule has 2 amide bonds. The van der Waals surface area contributed by atoms with Crippen LogP contribution in [-0.2, 0) is 4.79 Å². The maximum Gasteiger partial charge on any atom is 0.269 e. The summed E-state index contributed by atoms with van der Waals surface area (Å²) in [6.07, 6.45) is 8.12. The number of benzene rings is 1. The Kier molecular flexibility index (Phi) is 5.32. The van der Waals surface area contributed by atoms with Crippen LogP contribution in [0.5, 0.6) is 0 Å². The van der Waals surface area contributed by atoms with Crippen molar-refractivity contribution in [1.82, 2.24) is 10.6 Å². The number of hydrogen-bond acceptors (Lipinski definition) is 4. The highest BCUT2D eigenvalue weighted by Crippen LogP contribution is 2.61. The molecule has 0 aliphatic heterocycles. The van der Waals surface area contributed by atoms with Gasteiger partial charge in [0.1, 0.15) is 0 Å². The summed E-state index contributed by atoms with van der Waals surface area (Å²) in [7, 11) is 0. The summed E-state index contributed by atoms with van der Waals surface area (Å²) in [5, 5.41) is 16.6. The van der Waals surface area contributed by atoms with E-state index in [2.05, 4.69) is 17.6 Å². The molecular weight excluding hydrogens is 370 g/mol. The SMILES string of the molecule is C[C@H](NC(=O)CCNC(=O)c1ccc([N+](=O)[O-])cc1)C12CC3CC(CC(C3)C1)C2. The lowest BCUT2D eigenvalue weighted by atomic mass is 9.48. The van der Waals surface area contributed by atoms with E-state index in [1.807, 2.05) is 0 Å². The number of non-ortho nitro benzene ring substituents is 1. The van der Waals surface area contributed by atoms with Gasteiger partial charge in [-0.1, -0.05) is 0 Å². The predicted octanol–water partition coefficient (Wildman–Crippen LogP) is 3.44. The van der Waals surface area contributed by atoms with E-state index in [1.165, 1.54) is 62.8 Å². The maximum absolute atomic E-state index is 12.4. The molecule has 7 nitrogen and oxygen atoms in total. The molecule has 4 fully saturated rings. The fraction of sp³-hybridized carbons (Fsp3) is 0.636. The van der Waals surface area contributed by atoms with Crippen molar-refractivity contribution >= 4 is 17.5 Å². The van der Waals surface area contributed by atoms with Crippen LogP contribution in [0, 0.1) is 33.3 Å². The highest BCUT2D eigenvalue weighted by Gasteiger charge is 2.53. The lowest BCUT2D eigenvalue weighted by Crippen LogP contribution is -2.56. The number of carbonyl (C=O) groups excluding carboxylic acids is 2. The van der Waals surface area contributed by atoms with Gasteiger partial charge in [0.15, 0.2) is 0 Å². The quantitative estimate of drug-likeness (QED) is 0.542. The molecule has 0 aromatic heterocycles. The molecule has 0 saturated heterocycles. The number of hydrogen-bond donors (Lipinski definition) is 2. The van der Waals surface area contributed by atoms with Crippen molar-refractivity contribution in [3.8, 4) is 0 Å². The molecule has 29 heavy (non-hydrogen) atoms. The van der Waals surface area contributed by atoms with Crippen LogP contribution >= 0.6 is 0 Å². The van der Waals surface area contributed by atoms with E-state index in [0.717, 1.165) is 17.8 Å². The molecule has 4 aliphatic rings. The molecule has 2 N–H and O–H groups in total. The monoisotopic (exact) mass is 399 g/mol. The lowest BCUT2D eigenvalue weighted by molar-refractivity contribution is -0.384. The zero-order valence-corrected chi connectivity index (χ0v) is 16.9. The Morgan fingerprint density at radius 1 is 1.10 bits per heavy atom. The summed E-state index contributed by atoms with van der Waals surface area (Å²) in [6.45, 7) is 2.40. The maximum atomic E-state index is 12.4. The number of nitrogens with one attached hydrogen (secondary N) is 2. The minimum atomic E-state index is -0.503. The number of nitro benzene ring substituents is 1. The Balaban J connectivity index is 1.24. The van der Waals surface area contributed by atoms with E-state index in [-0.39, 0.29) is 41.9 Å². The second kappa shape index (κ2) is 7.76. The Labute approximate surface area is 170 Å². The fourth-order valence-electron chi connectivity index (χ4n) is 6.30. The first-order valence-corrected chi connectivity index (χ1v) is 10.7. The van der Waals surface area contributed by atoms with Gasteiger partial charge in [0.2, 0.25) is 5.91 Å². The summed E-state index contributed by atoms with van der Waals surface area (Å²) in [5.74, 6) is 2.18. The van der Waals surface area contributed by atoms with Crippen molar-refractivity contribution in [2.24, 2.45) is 23.2 Å². The second-order valence-electron chi connectivity index (χ2n) is 9.38. The topological polar surface area (TPSA) is 101 Å². The third kappa shape index (κ3) is 4.14. The second-order valence-corrected chi connectivity index (χ2v) is 9.38. The third-order valence-electron chi connectivity index (χ3n) is 7.36. The van der Waals surface area contributed by atoms with Crippen LogP contribution in [0.2, 0.25) is 0 Å². The molecule has 156 valence electrons. The molecular formula is C22H29N3O4. The van der Waals surface area contributed by atoms with Gasteiger partial charge in [0.05, 0.1) is 4.92 Å². The summed E-state index contributed by atoms with van der Waals surface area (Å²) in [4.78, 5) is 34.8. The molecule has 4 bridgehead atoms. The predicted molar refractivity (Wildman–Crippen MR) is 108 cm³/mol. The first-order chi connectivity index (χ1) is 13.8. The van der Waals surface area contributed by atoms with E-state index < -0.39 is 4.92 Å². The molecule has 0 spiro atoms. The fourth-order valence-corrected chi connectivity index (χ4v) is 6.30. The van der Waals surface area contributed by atoms with Gasteiger partial charge in [-0.3, -0.25) is 19.7 Å². The Bertz CT molecular complexity index is 769. The van der Waals surface area contributed by atoms with Crippen LogP contribution in [0.1, 0.15) is 62.2 Å². The summed E-state index contributed by atoms with van der Waals surface area (Å²) in [5.41, 5.74) is 0.560. The van der Waals surface area contributed by atoms with Crippen LogP contribution < -0.4 is 10.6 Å². The van der Waals surface area contributed by atoms with Crippen molar-refractivity contribution in [2.45, 2.75) is 57.9 Å². The molecule has 1 atom stereocenters. The third-order valence-corrected chi connectivity index (χ3v) is 7.36. The minimum absolute atomic E-state index is 0.0303. The molecule has 0 radical (unpaired) electrons. The Morgan fingerprint density at radius 2 is 1.66 bits per heavy atom. The zero-order chi connectivity index (χ0) is 20.6. The highest BCUT2D eigenvalue weighted by atomic mass is 16.6. The first kappa shape index (κ1) is 19.9. The van der Waals surface area contributed by atoms with Crippen molar-refractivity contribution < 1.29 is 14.5 Å². The molecule has 0 unspecified atom stereocenters. The number of amides is 2. The van der Waals surface area contributed by atoms with E-state index in [1.54, 1.807) is 0 Å². The Morgan fingerprint density at radius 3 is 2.17 bits per heavy atom. The van der Waals surface area contributed by atoms with Crippen LogP contribution in [0.3, 0.4) is 0 Å². The van der Waals surface area contributed by atoms with E-state index in [0.29, 0.717) is 5.56 Å². The molecule has 1 aromatic rings. The number of nitrogens with zero attached hydrogens (tertiary/aromatic N) is 1. The van der Waals surface area contributed by atoms with Gasteiger partial charge in [0, 0.05) is 36.7 Å². The molecule has 1 aromatic carbocycles. The van der Waals surface area contributed by atoms with Crippen LogP contribution in [0.25, 0.3) is 0 Å². The number of rotatable bonds is 7. The molecule has 5 rings (SSSR count). The average Bonchev–Trinajstić information content (AvgIpc) is 2.67. The first-order valence-electron chi connectivity index (χ1n) is 10.7. The van der Waals surface area contributed by atoms with E-state index >= 15 is 0 Å². The molecule has 4 aliphatic carbocycles. The minimum Gasteiger partial charge on any atom is -0.353 e. The van der Waals surface area contributed by atoms with Gasteiger partial charge in [0.25, 0.3) is 11.6 Å². The summed E-state index contributed by atoms with van der Waals surface area (Å²) >= 11 is 0. The van der Waals surface area contributed by atoms with E-state index in [9.17, 15) is 19.7 Å². The van der Waals surface area contributed by atoms with Crippen molar-refractivity contribution in [1.29, 1.82) is 0 Å². The van der Waals surface area contributed by atoms with Gasteiger partial charge in [-0.15, -0.1) is 0 Å². The van der Waals surface area contributed by atoms with E-state index in [4.69, 9.17) is 0 Å². The van der Waals surface area contributed by atoms with Crippen molar-refractivity contribution in [3.63, 3.8) is 0 Å². The lowest BCUT2D eigenvalue weighted by Gasteiger charge is -2.59. The summed E-state index contributed by atoms with van der Waals surface area (Å²) in [6, 6.07) is 5.61. The largest absolute Gasteiger partial charge is 0.353 e. The number of carbonyl (C=O) groups is 2. The van der Waals surface area contributed by atoms with Crippen molar-refractivity contribution in [2.75, 3.05) is 6.54 Å². The average molecular weight is 399 g/mol. The zero-order valence-electron chi connectivity index (χ0n) is 16.9. The molecule has 4 saturated carbocycles. The van der Waals surface area contributed by atoms with Gasteiger partial charge in [-0.25, -0.2) is 0 Å². The van der Waals surface area contributed by atoms with Gasteiger partial charge in [-0.2, -0.15) is 0 Å². The van der Waals surface area contributed by atoms with Crippen LogP contribution in [-0.4, -0.2) is 29.3 Å². The number of nitro groups is 1.